The Balaban J connectivity index is 1.81. The predicted octanol–water partition coefficient (Wildman–Crippen LogP) is 2.16. The summed E-state index contributed by atoms with van der Waals surface area (Å²) in [6, 6.07) is 1.89. The zero-order valence-electron chi connectivity index (χ0n) is 7.57. The van der Waals surface area contributed by atoms with E-state index in [1.807, 2.05) is 6.07 Å². The minimum Gasteiger partial charge on any atom is -0.368 e. The molecule has 0 saturated heterocycles. The van der Waals surface area contributed by atoms with Gasteiger partial charge in [0.2, 0.25) is 5.88 Å². The quantitative estimate of drug-likeness (QED) is 0.717. The van der Waals surface area contributed by atoms with Gasteiger partial charge in [0.05, 0.1) is 5.69 Å². The first-order valence-electron chi connectivity index (χ1n) is 5.08. The van der Waals surface area contributed by atoms with Crippen molar-refractivity contribution in [2.45, 2.75) is 31.6 Å². The molecule has 1 aromatic heterocycles. The number of nitrogen functional groups attached to an aromatic ring is 1. The molecule has 2 saturated carbocycles. The fourth-order valence-electron chi connectivity index (χ4n) is 2.89. The molecule has 0 spiro atoms. The number of hydrogen-bond donors (Lipinski definition) is 1. The van der Waals surface area contributed by atoms with E-state index in [1.165, 1.54) is 25.7 Å². The van der Waals surface area contributed by atoms with Crippen LogP contribution in [0, 0.1) is 11.8 Å². The van der Waals surface area contributed by atoms with Gasteiger partial charge in [-0.05, 0) is 24.7 Å². The number of nitrogens with zero attached hydrogens (tertiary/aromatic N) is 1. The van der Waals surface area contributed by atoms with Crippen molar-refractivity contribution in [1.82, 2.24) is 5.16 Å². The summed E-state index contributed by atoms with van der Waals surface area (Å²) in [6.07, 6.45) is 5.54. The van der Waals surface area contributed by atoms with E-state index < -0.39 is 0 Å². The van der Waals surface area contributed by atoms with Gasteiger partial charge in [-0.25, -0.2) is 0 Å². The van der Waals surface area contributed by atoms with Gasteiger partial charge in [-0.15, -0.1) is 0 Å². The van der Waals surface area contributed by atoms with Gasteiger partial charge in [0.25, 0.3) is 0 Å². The summed E-state index contributed by atoms with van der Waals surface area (Å²) in [7, 11) is 0. The number of hydrogen-bond acceptors (Lipinski definition) is 3. The lowest BCUT2D eigenvalue weighted by molar-refractivity contribution is 0.426. The van der Waals surface area contributed by atoms with Gasteiger partial charge in [-0.2, -0.15) is 0 Å². The van der Waals surface area contributed by atoms with E-state index in [1.54, 1.807) is 0 Å². The maximum Gasteiger partial charge on any atom is 0.222 e. The Labute approximate surface area is 77.3 Å². The predicted molar refractivity (Wildman–Crippen MR) is 49.1 cm³/mol. The molecular formula is C10H14N2O. The van der Waals surface area contributed by atoms with Crippen LogP contribution in [0.1, 0.15) is 37.3 Å². The summed E-state index contributed by atoms with van der Waals surface area (Å²) in [6.45, 7) is 0. The van der Waals surface area contributed by atoms with Crippen LogP contribution in [0.4, 0.5) is 5.88 Å². The number of anilines is 1. The Bertz CT molecular complexity index is 308. The Morgan fingerprint density at radius 3 is 2.54 bits per heavy atom. The molecule has 2 N–H and O–H groups in total. The van der Waals surface area contributed by atoms with Crippen LogP contribution in [-0.4, -0.2) is 5.16 Å². The normalized spacial score (nSPS) is 37.1. The van der Waals surface area contributed by atoms with Gasteiger partial charge in [-0.1, -0.05) is 18.0 Å². The number of fused-ring (bicyclic) bond motifs is 1. The fourth-order valence-corrected chi connectivity index (χ4v) is 2.89. The average molecular weight is 178 g/mol. The van der Waals surface area contributed by atoms with Crippen molar-refractivity contribution in [3.05, 3.63) is 11.8 Å². The molecule has 0 amide bonds. The summed E-state index contributed by atoms with van der Waals surface area (Å²) >= 11 is 0. The molecule has 0 aromatic carbocycles. The molecule has 2 atom stereocenters. The topological polar surface area (TPSA) is 52.0 Å². The van der Waals surface area contributed by atoms with E-state index in [-0.39, 0.29) is 0 Å². The smallest absolute Gasteiger partial charge is 0.222 e. The summed E-state index contributed by atoms with van der Waals surface area (Å²) in [5.41, 5.74) is 6.60. The summed E-state index contributed by atoms with van der Waals surface area (Å²) < 4.78 is 4.90. The SMILES string of the molecule is Nc1cc(C2C3CCCCC32)no1. The highest BCUT2D eigenvalue weighted by atomic mass is 16.5. The first kappa shape index (κ1) is 7.42. The molecule has 2 aliphatic carbocycles. The molecule has 3 heteroatoms. The second kappa shape index (κ2) is 2.50. The lowest BCUT2D eigenvalue weighted by Crippen LogP contribution is -1.91. The van der Waals surface area contributed by atoms with Gasteiger partial charge in [0.15, 0.2) is 0 Å². The maximum atomic E-state index is 5.50. The zero-order valence-corrected chi connectivity index (χ0v) is 7.57. The van der Waals surface area contributed by atoms with Gasteiger partial charge < -0.3 is 10.3 Å². The molecule has 13 heavy (non-hydrogen) atoms. The second-order valence-corrected chi connectivity index (χ2v) is 4.29. The molecule has 3 nitrogen and oxygen atoms in total. The first-order chi connectivity index (χ1) is 6.36. The number of nitrogens with two attached hydrogens (primary N) is 1. The van der Waals surface area contributed by atoms with Gasteiger partial charge >= 0.3 is 0 Å². The van der Waals surface area contributed by atoms with Crippen LogP contribution in [0.15, 0.2) is 10.6 Å². The summed E-state index contributed by atoms with van der Waals surface area (Å²) in [5.74, 6) is 2.90. The third-order valence-electron chi connectivity index (χ3n) is 3.54. The monoisotopic (exact) mass is 178 g/mol. The van der Waals surface area contributed by atoms with Crippen LogP contribution in [0.2, 0.25) is 0 Å². The third kappa shape index (κ3) is 1.06. The van der Waals surface area contributed by atoms with Crippen molar-refractivity contribution in [3.63, 3.8) is 0 Å². The van der Waals surface area contributed by atoms with E-state index in [0.29, 0.717) is 11.8 Å². The molecule has 70 valence electrons. The van der Waals surface area contributed by atoms with Crippen molar-refractivity contribution < 1.29 is 4.52 Å². The fraction of sp³-hybridized carbons (Fsp3) is 0.700. The average Bonchev–Trinajstić information content (AvgIpc) is 2.73. The standard InChI is InChI=1S/C10H14N2O/c11-9-5-8(12-13-9)10-6-3-1-2-4-7(6)10/h5-7,10H,1-4,11H2. The molecule has 0 bridgehead atoms. The minimum atomic E-state index is 0.457. The van der Waals surface area contributed by atoms with Crippen LogP contribution >= 0.6 is 0 Å². The lowest BCUT2D eigenvalue weighted by Gasteiger charge is -2.04. The van der Waals surface area contributed by atoms with E-state index in [2.05, 4.69) is 5.16 Å². The van der Waals surface area contributed by atoms with Gasteiger partial charge in [0.1, 0.15) is 0 Å². The van der Waals surface area contributed by atoms with Gasteiger partial charge in [0, 0.05) is 12.0 Å². The molecule has 1 heterocycles. The van der Waals surface area contributed by atoms with E-state index in [0.717, 1.165) is 17.5 Å². The summed E-state index contributed by atoms with van der Waals surface area (Å²) in [5, 5.41) is 4.00. The maximum absolute atomic E-state index is 5.50. The lowest BCUT2D eigenvalue weighted by atomic mass is 10.0. The largest absolute Gasteiger partial charge is 0.368 e. The molecular weight excluding hydrogens is 164 g/mol. The van der Waals surface area contributed by atoms with Crippen molar-refractivity contribution in [3.8, 4) is 0 Å². The van der Waals surface area contributed by atoms with E-state index in [9.17, 15) is 0 Å². The highest BCUT2D eigenvalue weighted by Crippen LogP contribution is 2.60. The van der Waals surface area contributed by atoms with Crippen molar-refractivity contribution >= 4 is 5.88 Å². The van der Waals surface area contributed by atoms with Crippen LogP contribution in [0.3, 0.4) is 0 Å². The molecule has 2 aliphatic rings. The van der Waals surface area contributed by atoms with Crippen LogP contribution in [0.25, 0.3) is 0 Å². The first-order valence-corrected chi connectivity index (χ1v) is 5.08. The highest BCUT2D eigenvalue weighted by molar-refractivity contribution is 5.31. The van der Waals surface area contributed by atoms with Crippen LogP contribution in [-0.2, 0) is 0 Å². The number of rotatable bonds is 1. The van der Waals surface area contributed by atoms with Crippen molar-refractivity contribution in [2.24, 2.45) is 11.8 Å². The summed E-state index contributed by atoms with van der Waals surface area (Å²) in [4.78, 5) is 0. The van der Waals surface area contributed by atoms with E-state index in [4.69, 9.17) is 10.3 Å². The Morgan fingerprint density at radius 2 is 2.00 bits per heavy atom. The molecule has 2 fully saturated rings. The number of aromatic nitrogens is 1. The van der Waals surface area contributed by atoms with Crippen LogP contribution < -0.4 is 5.73 Å². The second-order valence-electron chi connectivity index (χ2n) is 4.29. The molecule has 0 aliphatic heterocycles. The van der Waals surface area contributed by atoms with Crippen LogP contribution in [0.5, 0.6) is 0 Å². The van der Waals surface area contributed by atoms with Crippen molar-refractivity contribution in [1.29, 1.82) is 0 Å². The van der Waals surface area contributed by atoms with Gasteiger partial charge in [-0.3, -0.25) is 0 Å². The van der Waals surface area contributed by atoms with Crippen molar-refractivity contribution in [2.75, 3.05) is 5.73 Å². The van der Waals surface area contributed by atoms with E-state index >= 15 is 0 Å². The highest BCUT2D eigenvalue weighted by Gasteiger charge is 2.52. The Kier molecular flexibility index (Phi) is 1.43. The third-order valence-corrected chi connectivity index (χ3v) is 3.54. The molecule has 2 unspecified atom stereocenters. The molecule has 1 aromatic rings. The Morgan fingerprint density at radius 1 is 1.31 bits per heavy atom. The molecule has 3 rings (SSSR count). The Hall–Kier alpha value is -0.990. The molecule has 0 radical (unpaired) electrons. The minimum absolute atomic E-state index is 0.457. The zero-order chi connectivity index (χ0) is 8.84.